The van der Waals surface area contributed by atoms with E-state index in [0.29, 0.717) is 6.42 Å². The van der Waals surface area contributed by atoms with Crippen molar-refractivity contribution in [3.8, 4) is 5.75 Å². The first-order chi connectivity index (χ1) is 8.76. The van der Waals surface area contributed by atoms with E-state index < -0.39 is 5.60 Å². The van der Waals surface area contributed by atoms with Gasteiger partial charge in [0.1, 0.15) is 5.75 Å². The minimum absolute atomic E-state index is 0.252. The van der Waals surface area contributed by atoms with Crippen LogP contribution in [0.3, 0.4) is 0 Å². The third-order valence-corrected chi connectivity index (χ3v) is 3.89. The van der Waals surface area contributed by atoms with Crippen LogP contribution in [0.25, 0.3) is 0 Å². The lowest BCUT2D eigenvalue weighted by Crippen LogP contribution is -2.47. The lowest BCUT2D eigenvalue weighted by molar-refractivity contribution is -0.0862. The summed E-state index contributed by atoms with van der Waals surface area (Å²) in [7, 11) is 5.71. The lowest BCUT2D eigenvalue weighted by Gasteiger charge is -2.44. The van der Waals surface area contributed by atoms with E-state index in [4.69, 9.17) is 4.74 Å². The fraction of sp³-hybridized carbons (Fsp3) is 0.625. The van der Waals surface area contributed by atoms with Crippen molar-refractivity contribution in [2.45, 2.75) is 32.8 Å². The van der Waals surface area contributed by atoms with Gasteiger partial charge in [0.25, 0.3) is 0 Å². The van der Waals surface area contributed by atoms with Gasteiger partial charge in [-0.05, 0) is 38.2 Å². The van der Waals surface area contributed by atoms with Gasteiger partial charge in [0.2, 0.25) is 0 Å². The second kappa shape index (κ2) is 5.93. The summed E-state index contributed by atoms with van der Waals surface area (Å²) in [5.74, 6) is 0.782. The van der Waals surface area contributed by atoms with E-state index in [1.54, 1.807) is 7.11 Å². The topological polar surface area (TPSA) is 32.7 Å². The molecule has 1 atom stereocenters. The summed E-state index contributed by atoms with van der Waals surface area (Å²) in [4.78, 5) is 2.11. The standard InChI is InChI=1S/C16H27NO2/c1-7-16(18,15(2,3)12-17(4)5)13-9-8-10-14(11-13)19-6/h8-11,18H,7,12H2,1-6H3. The summed E-state index contributed by atoms with van der Waals surface area (Å²) < 4.78 is 5.27. The van der Waals surface area contributed by atoms with Crippen molar-refractivity contribution in [1.82, 2.24) is 4.90 Å². The molecule has 108 valence electrons. The molecule has 0 radical (unpaired) electrons. The molecule has 0 aliphatic carbocycles. The lowest BCUT2D eigenvalue weighted by atomic mass is 9.69. The highest BCUT2D eigenvalue weighted by atomic mass is 16.5. The first-order valence-electron chi connectivity index (χ1n) is 6.78. The van der Waals surface area contributed by atoms with Gasteiger partial charge >= 0.3 is 0 Å². The second-order valence-corrected chi connectivity index (χ2v) is 6.07. The van der Waals surface area contributed by atoms with Gasteiger partial charge in [-0.1, -0.05) is 32.9 Å². The Balaban J connectivity index is 3.21. The predicted molar refractivity (Wildman–Crippen MR) is 79.5 cm³/mol. The van der Waals surface area contributed by atoms with Gasteiger partial charge in [-0.25, -0.2) is 0 Å². The van der Waals surface area contributed by atoms with E-state index in [2.05, 4.69) is 18.7 Å². The Morgan fingerprint density at radius 3 is 2.37 bits per heavy atom. The SMILES string of the molecule is CCC(O)(c1cccc(OC)c1)C(C)(C)CN(C)C. The quantitative estimate of drug-likeness (QED) is 0.858. The summed E-state index contributed by atoms with van der Waals surface area (Å²) >= 11 is 0. The van der Waals surface area contributed by atoms with Crippen LogP contribution in [0, 0.1) is 5.41 Å². The van der Waals surface area contributed by atoms with E-state index >= 15 is 0 Å². The third kappa shape index (κ3) is 3.28. The van der Waals surface area contributed by atoms with Crippen LogP contribution in [0.5, 0.6) is 5.75 Å². The van der Waals surface area contributed by atoms with Gasteiger partial charge in [-0.2, -0.15) is 0 Å². The molecule has 1 aromatic rings. The largest absolute Gasteiger partial charge is 0.497 e. The van der Waals surface area contributed by atoms with E-state index in [1.165, 1.54) is 0 Å². The Hall–Kier alpha value is -1.06. The van der Waals surface area contributed by atoms with Gasteiger partial charge in [-0.15, -0.1) is 0 Å². The number of rotatable bonds is 6. The summed E-state index contributed by atoms with van der Waals surface area (Å²) in [6, 6.07) is 7.74. The van der Waals surface area contributed by atoms with Crippen LogP contribution >= 0.6 is 0 Å². The molecule has 0 aromatic heterocycles. The molecule has 3 heteroatoms. The number of methoxy groups -OCH3 is 1. The van der Waals surface area contributed by atoms with Crippen LogP contribution in [-0.2, 0) is 5.60 Å². The Morgan fingerprint density at radius 2 is 1.89 bits per heavy atom. The number of hydrogen-bond donors (Lipinski definition) is 1. The average Bonchev–Trinajstić information content (AvgIpc) is 2.36. The predicted octanol–water partition coefficient (Wildman–Crippen LogP) is 2.88. The highest BCUT2D eigenvalue weighted by Gasteiger charge is 2.43. The highest BCUT2D eigenvalue weighted by Crippen LogP contribution is 2.43. The Labute approximate surface area is 117 Å². The van der Waals surface area contributed by atoms with Crippen molar-refractivity contribution in [3.63, 3.8) is 0 Å². The summed E-state index contributed by atoms with van der Waals surface area (Å²) in [5.41, 5.74) is -0.204. The first kappa shape index (κ1) is 16.0. The molecular weight excluding hydrogens is 238 g/mol. The van der Waals surface area contributed by atoms with Gasteiger partial charge in [0.15, 0.2) is 0 Å². The molecule has 1 unspecified atom stereocenters. The van der Waals surface area contributed by atoms with Crippen LogP contribution in [-0.4, -0.2) is 37.8 Å². The van der Waals surface area contributed by atoms with E-state index in [9.17, 15) is 5.11 Å². The minimum Gasteiger partial charge on any atom is -0.497 e. The van der Waals surface area contributed by atoms with Crippen LogP contribution in [0.1, 0.15) is 32.8 Å². The molecule has 19 heavy (non-hydrogen) atoms. The molecular formula is C16H27NO2. The molecule has 0 aliphatic heterocycles. The number of aliphatic hydroxyl groups is 1. The van der Waals surface area contributed by atoms with Crippen LogP contribution < -0.4 is 4.74 Å². The van der Waals surface area contributed by atoms with E-state index in [-0.39, 0.29) is 5.41 Å². The number of benzene rings is 1. The van der Waals surface area contributed by atoms with Gasteiger partial charge in [0, 0.05) is 12.0 Å². The maximum absolute atomic E-state index is 11.2. The molecule has 1 N–H and O–H groups in total. The van der Waals surface area contributed by atoms with E-state index in [1.807, 2.05) is 45.3 Å². The fourth-order valence-corrected chi connectivity index (χ4v) is 2.88. The normalized spacial score (nSPS) is 15.4. The highest BCUT2D eigenvalue weighted by molar-refractivity contribution is 5.33. The van der Waals surface area contributed by atoms with Crippen LogP contribution in [0.4, 0.5) is 0 Å². The van der Waals surface area contributed by atoms with Crippen molar-refractivity contribution in [2.24, 2.45) is 5.41 Å². The molecule has 1 aromatic carbocycles. The smallest absolute Gasteiger partial charge is 0.119 e. The summed E-state index contributed by atoms with van der Waals surface area (Å²) in [6.07, 6.45) is 0.668. The Kier molecular flexibility index (Phi) is 4.99. The van der Waals surface area contributed by atoms with Crippen molar-refractivity contribution in [1.29, 1.82) is 0 Å². The molecule has 0 saturated heterocycles. The average molecular weight is 265 g/mol. The van der Waals surface area contributed by atoms with Gasteiger partial charge in [-0.3, -0.25) is 0 Å². The van der Waals surface area contributed by atoms with Crippen molar-refractivity contribution < 1.29 is 9.84 Å². The van der Waals surface area contributed by atoms with Crippen molar-refractivity contribution in [3.05, 3.63) is 29.8 Å². The zero-order chi connectivity index (χ0) is 14.7. The van der Waals surface area contributed by atoms with Crippen molar-refractivity contribution >= 4 is 0 Å². The maximum Gasteiger partial charge on any atom is 0.119 e. The molecule has 1 rings (SSSR count). The molecule has 0 amide bonds. The summed E-state index contributed by atoms with van der Waals surface area (Å²) in [5, 5.41) is 11.2. The Bertz CT molecular complexity index is 415. The fourth-order valence-electron chi connectivity index (χ4n) is 2.88. The molecule has 0 aliphatic rings. The molecule has 0 fully saturated rings. The second-order valence-electron chi connectivity index (χ2n) is 6.07. The third-order valence-electron chi connectivity index (χ3n) is 3.89. The molecule has 0 spiro atoms. The molecule has 0 heterocycles. The minimum atomic E-state index is -0.869. The van der Waals surface area contributed by atoms with Gasteiger partial charge < -0.3 is 14.7 Å². The van der Waals surface area contributed by atoms with E-state index in [0.717, 1.165) is 17.9 Å². The monoisotopic (exact) mass is 265 g/mol. The zero-order valence-electron chi connectivity index (χ0n) is 13.0. The van der Waals surface area contributed by atoms with Gasteiger partial charge in [0.05, 0.1) is 12.7 Å². The maximum atomic E-state index is 11.2. The zero-order valence-corrected chi connectivity index (χ0v) is 13.0. The first-order valence-corrected chi connectivity index (χ1v) is 6.78. The molecule has 3 nitrogen and oxygen atoms in total. The van der Waals surface area contributed by atoms with Crippen LogP contribution in [0.2, 0.25) is 0 Å². The Morgan fingerprint density at radius 1 is 1.26 bits per heavy atom. The van der Waals surface area contributed by atoms with Crippen molar-refractivity contribution in [2.75, 3.05) is 27.7 Å². The molecule has 0 saturated carbocycles. The number of hydrogen-bond acceptors (Lipinski definition) is 3. The number of nitrogens with zero attached hydrogens (tertiary/aromatic N) is 1. The van der Waals surface area contributed by atoms with Crippen LogP contribution in [0.15, 0.2) is 24.3 Å². The number of ether oxygens (including phenoxy) is 1. The molecule has 0 bridgehead atoms. The summed E-state index contributed by atoms with van der Waals surface area (Å²) in [6.45, 7) is 7.05.